The summed E-state index contributed by atoms with van der Waals surface area (Å²) in [6.45, 7) is 1.08. The van der Waals surface area contributed by atoms with Crippen LogP contribution in [0.1, 0.15) is 11.1 Å². The second-order valence-corrected chi connectivity index (χ2v) is 5.08. The van der Waals surface area contributed by atoms with Crippen molar-refractivity contribution in [3.8, 4) is 0 Å². The SMILES string of the molecule is NC(=O)N1C(=O)[CH]N=C(c2ccccc2)c2ccc(Cl)cc21. The number of nitrogens with zero attached hydrogens (tertiary/aromatic N) is 2. The third kappa shape index (κ3) is 2.46. The van der Waals surface area contributed by atoms with Gasteiger partial charge in [-0.25, -0.2) is 9.69 Å². The normalized spacial score (nSPS) is 14.1. The van der Waals surface area contributed by atoms with E-state index in [-0.39, 0.29) is 0 Å². The smallest absolute Gasteiger partial charge is 0.326 e. The number of nitrogens with two attached hydrogens (primary N) is 1. The van der Waals surface area contributed by atoms with Crippen molar-refractivity contribution in [1.82, 2.24) is 0 Å². The molecule has 3 amide bonds. The number of imide groups is 1. The van der Waals surface area contributed by atoms with Crippen molar-refractivity contribution in [2.24, 2.45) is 10.7 Å². The van der Waals surface area contributed by atoms with Crippen molar-refractivity contribution < 1.29 is 9.59 Å². The largest absolute Gasteiger partial charge is 0.351 e. The van der Waals surface area contributed by atoms with Gasteiger partial charge in [-0.05, 0) is 18.2 Å². The number of anilines is 1. The summed E-state index contributed by atoms with van der Waals surface area (Å²) in [5, 5.41) is 0.395. The molecule has 5 nitrogen and oxygen atoms in total. The molecule has 0 saturated carbocycles. The lowest BCUT2D eigenvalue weighted by atomic mass is 10.0. The predicted molar refractivity (Wildman–Crippen MR) is 84.9 cm³/mol. The van der Waals surface area contributed by atoms with Crippen molar-refractivity contribution in [1.29, 1.82) is 0 Å². The molecule has 0 aromatic heterocycles. The Morgan fingerprint density at radius 3 is 2.55 bits per heavy atom. The third-order valence-electron chi connectivity index (χ3n) is 3.25. The van der Waals surface area contributed by atoms with Crippen LogP contribution in [0.25, 0.3) is 0 Å². The summed E-state index contributed by atoms with van der Waals surface area (Å²) in [6.07, 6.45) is 0. The van der Waals surface area contributed by atoms with Crippen LogP contribution in [0.4, 0.5) is 10.5 Å². The Balaban J connectivity index is 2.24. The molecule has 0 bridgehead atoms. The molecule has 1 aliphatic heterocycles. The molecule has 1 aliphatic rings. The average molecular weight is 313 g/mol. The molecule has 0 saturated heterocycles. The summed E-state index contributed by atoms with van der Waals surface area (Å²) in [7, 11) is 0. The molecule has 0 unspecified atom stereocenters. The van der Waals surface area contributed by atoms with Crippen LogP contribution in [-0.2, 0) is 4.79 Å². The van der Waals surface area contributed by atoms with Gasteiger partial charge in [-0.2, -0.15) is 0 Å². The van der Waals surface area contributed by atoms with E-state index in [9.17, 15) is 9.59 Å². The zero-order valence-corrected chi connectivity index (χ0v) is 12.1. The quantitative estimate of drug-likeness (QED) is 0.879. The minimum atomic E-state index is -0.880. The first-order chi connectivity index (χ1) is 10.6. The number of halogens is 1. The van der Waals surface area contributed by atoms with Gasteiger partial charge < -0.3 is 5.73 Å². The Hall–Kier alpha value is -2.66. The number of carbonyl (C=O) groups excluding carboxylic acids is 2. The van der Waals surface area contributed by atoms with Crippen molar-refractivity contribution in [2.75, 3.05) is 4.90 Å². The maximum absolute atomic E-state index is 12.1. The summed E-state index contributed by atoms with van der Waals surface area (Å²) >= 11 is 6.00. The van der Waals surface area contributed by atoms with Gasteiger partial charge in [0, 0.05) is 16.1 Å². The van der Waals surface area contributed by atoms with Gasteiger partial charge in [-0.1, -0.05) is 41.9 Å². The van der Waals surface area contributed by atoms with E-state index in [0.29, 0.717) is 22.0 Å². The van der Waals surface area contributed by atoms with Crippen molar-refractivity contribution in [3.05, 3.63) is 71.2 Å². The Kier molecular flexibility index (Phi) is 3.65. The number of urea groups is 1. The molecule has 2 aromatic carbocycles. The summed E-state index contributed by atoms with van der Waals surface area (Å²) in [5.41, 5.74) is 7.65. The molecule has 109 valence electrons. The molecule has 0 fully saturated rings. The second-order valence-electron chi connectivity index (χ2n) is 4.65. The number of benzene rings is 2. The van der Waals surface area contributed by atoms with Crippen molar-refractivity contribution in [3.63, 3.8) is 0 Å². The van der Waals surface area contributed by atoms with Gasteiger partial charge in [0.05, 0.1) is 11.4 Å². The summed E-state index contributed by atoms with van der Waals surface area (Å²) in [5.74, 6) is -0.609. The third-order valence-corrected chi connectivity index (χ3v) is 3.48. The van der Waals surface area contributed by atoms with E-state index in [1.54, 1.807) is 12.1 Å². The van der Waals surface area contributed by atoms with E-state index >= 15 is 0 Å². The molecule has 0 spiro atoms. The van der Waals surface area contributed by atoms with Crippen LogP contribution in [0.15, 0.2) is 53.5 Å². The van der Waals surface area contributed by atoms with E-state index < -0.39 is 11.9 Å². The molecular formula is C16H11ClN3O2. The van der Waals surface area contributed by atoms with Gasteiger partial charge in [0.2, 0.25) is 0 Å². The molecule has 0 atom stereocenters. The Bertz CT molecular complexity index is 787. The lowest BCUT2D eigenvalue weighted by Gasteiger charge is -2.19. The van der Waals surface area contributed by atoms with E-state index in [1.807, 2.05) is 30.3 Å². The van der Waals surface area contributed by atoms with Crippen LogP contribution in [0.2, 0.25) is 5.02 Å². The van der Waals surface area contributed by atoms with Gasteiger partial charge in [0.25, 0.3) is 5.91 Å². The number of benzodiazepines with no additional fused rings is 1. The van der Waals surface area contributed by atoms with Crippen molar-refractivity contribution >= 4 is 34.9 Å². The average Bonchev–Trinajstić information content (AvgIpc) is 2.63. The fourth-order valence-electron chi connectivity index (χ4n) is 2.31. The number of amides is 3. The minimum absolute atomic E-state index is 0.321. The van der Waals surface area contributed by atoms with Gasteiger partial charge in [-0.3, -0.25) is 9.79 Å². The van der Waals surface area contributed by atoms with Crippen molar-refractivity contribution in [2.45, 2.75) is 0 Å². The molecule has 2 aromatic rings. The lowest BCUT2D eigenvalue weighted by Crippen LogP contribution is -2.40. The summed E-state index contributed by atoms with van der Waals surface area (Å²) in [4.78, 5) is 28.9. The number of primary amides is 1. The number of hydrogen-bond acceptors (Lipinski definition) is 3. The highest BCUT2D eigenvalue weighted by molar-refractivity contribution is 6.32. The van der Waals surface area contributed by atoms with Gasteiger partial charge in [0.15, 0.2) is 6.54 Å². The lowest BCUT2D eigenvalue weighted by molar-refractivity contribution is -0.114. The summed E-state index contributed by atoms with van der Waals surface area (Å²) < 4.78 is 0. The highest BCUT2D eigenvalue weighted by Gasteiger charge is 2.29. The number of hydrogen-bond donors (Lipinski definition) is 1. The second kappa shape index (κ2) is 5.61. The Morgan fingerprint density at radius 1 is 1.14 bits per heavy atom. The molecule has 1 heterocycles. The van der Waals surface area contributed by atoms with Crippen LogP contribution in [0, 0.1) is 6.54 Å². The molecular weight excluding hydrogens is 302 g/mol. The van der Waals surface area contributed by atoms with Crippen LogP contribution in [0.5, 0.6) is 0 Å². The predicted octanol–water partition coefficient (Wildman–Crippen LogP) is 2.76. The molecule has 6 heteroatoms. The van der Waals surface area contributed by atoms with Crippen LogP contribution < -0.4 is 10.6 Å². The van der Waals surface area contributed by atoms with Crippen LogP contribution in [0.3, 0.4) is 0 Å². The molecule has 0 aliphatic carbocycles. The molecule has 2 N–H and O–H groups in total. The first-order valence-corrected chi connectivity index (χ1v) is 6.85. The molecule has 3 rings (SSSR count). The van der Waals surface area contributed by atoms with Crippen LogP contribution in [-0.4, -0.2) is 17.6 Å². The number of aliphatic imine (C=N–C) groups is 1. The maximum Gasteiger partial charge on any atom is 0.326 e. The van der Waals surface area contributed by atoms with Gasteiger partial charge in [0.1, 0.15) is 0 Å². The summed E-state index contributed by atoms with van der Waals surface area (Å²) in [6, 6.07) is 13.4. The fraction of sp³-hybridized carbons (Fsp3) is 0. The van der Waals surface area contributed by atoms with E-state index in [0.717, 1.165) is 17.0 Å². The molecule has 22 heavy (non-hydrogen) atoms. The molecule has 1 radical (unpaired) electrons. The number of rotatable bonds is 1. The van der Waals surface area contributed by atoms with E-state index in [4.69, 9.17) is 17.3 Å². The van der Waals surface area contributed by atoms with E-state index in [1.165, 1.54) is 6.07 Å². The van der Waals surface area contributed by atoms with E-state index in [2.05, 4.69) is 4.99 Å². The number of fused-ring (bicyclic) bond motifs is 1. The topological polar surface area (TPSA) is 75.8 Å². The maximum atomic E-state index is 12.1. The van der Waals surface area contributed by atoms with Crippen LogP contribution >= 0.6 is 11.6 Å². The standard InChI is InChI=1S/C16H11ClN3O2/c17-11-6-7-12-13(8-11)20(16(18)22)14(21)9-19-15(12)10-4-2-1-3-5-10/h1-9H,(H2,18,22). The zero-order valence-electron chi connectivity index (χ0n) is 11.4. The fourth-order valence-corrected chi connectivity index (χ4v) is 2.48. The Labute approximate surface area is 132 Å². The highest BCUT2D eigenvalue weighted by atomic mass is 35.5. The first kappa shape index (κ1) is 14.3. The Morgan fingerprint density at radius 2 is 1.86 bits per heavy atom. The zero-order chi connectivity index (χ0) is 15.7. The first-order valence-electron chi connectivity index (χ1n) is 6.48. The number of carbonyl (C=O) groups is 2. The highest BCUT2D eigenvalue weighted by Crippen LogP contribution is 2.30. The monoisotopic (exact) mass is 312 g/mol. The van der Waals surface area contributed by atoms with Gasteiger partial charge >= 0.3 is 6.03 Å². The van der Waals surface area contributed by atoms with Gasteiger partial charge in [-0.15, -0.1) is 0 Å². The minimum Gasteiger partial charge on any atom is -0.351 e.